The Hall–Kier alpha value is -2.42. The van der Waals surface area contributed by atoms with Gasteiger partial charge in [0.2, 0.25) is 5.91 Å². The van der Waals surface area contributed by atoms with E-state index < -0.39 is 15.9 Å². The van der Waals surface area contributed by atoms with Gasteiger partial charge in [0.05, 0.1) is 12.2 Å². The molecule has 2 aliphatic rings. The van der Waals surface area contributed by atoms with Crippen molar-refractivity contribution in [3.63, 3.8) is 0 Å². The molecule has 0 bridgehead atoms. The van der Waals surface area contributed by atoms with Crippen molar-refractivity contribution >= 4 is 33.4 Å². The van der Waals surface area contributed by atoms with E-state index in [1.54, 1.807) is 26.2 Å². The summed E-state index contributed by atoms with van der Waals surface area (Å²) in [5.41, 5.74) is 0.755. The van der Waals surface area contributed by atoms with Crippen molar-refractivity contribution in [1.29, 1.82) is 0 Å². The van der Waals surface area contributed by atoms with E-state index in [0.29, 0.717) is 24.5 Å². The molecule has 0 aromatic heterocycles. The largest absolute Gasteiger partial charge is 0.347 e. The molecule has 1 aromatic carbocycles. The Morgan fingerprint density at radius 3 is 2.73 bits per heavy atom. The summed E-state index contributed by atoms with van der Waals surface area (Å²) in [5, 5.41) is 2.51. The second-order valence-electron chi connectivity index (χ2n) is 6.60. The van der Waals surface area contributed by atoms with Crippen LogP contribution in [0.5, 0.6) is 0 Å². The van der Waals surface area contributed by atoms with Crippen LogP contribution in [0.4, 0.5) is 5.69 Å². The molecule has 2 aliphatic heterocycles. The summed E-state index contributed by atoms with van der Waals surface area (Å²) in [6, 6.07) is 4.57. The van der Waals surface area contributed by atoms with Crippen molar-refractivity contribution in [1.82, 2.24) is 10.2 Å². The minimum Gasteiger partial charge on any atom is -0.347 e. The van der Waals surface area contributed by atoms with Crippen LogP contribution in [0.2, 0.25) is 0 Å². The van der Waals surface area contributed by atoms with Gasteiger partial charge in [-0.2, -0.15) is 8.42 Å². The number of amides is 2. The number of rotatable bonds is 3. The number of nitrogens with one attached hydrogen (secondary N) is 1. The molecule has 9 heteroatoms. The normalized spacial score (nSPS) is 18.1. The van der Waals surface area contributed by atoms with Crippen LogP contribution < -0.4 is 10.2 Å². The van der Waals surface area contributed by atoms with Gasteiger partial charge < -0.3 is 15.1 Å². The molecular weight excluding hydrogens is 356 g/mol. The lowest BCUT2D eigenvalue weighted by Crippen LogP contribution is -2.37. The fourth-order valence-corrected chi connectivity index (χ4v) is 4.32. The summed E-state index contributed by atoms with van der Waals surface area (Å²) in [7, 11) is -0.650. The zero-order valence-electron chi connectivity index (χ0n) is 14.9. The van der Waals surface area contributed by atoms with E-state index in [9.17, 15) is 18.0 Å². The van der Waals surface area contributed by atoms with Crippen molar-refractivity contribution in [2.24, 2.45) is 4.40 Å². The highest BCUT2D eigenvalue weighted by molar-refractivity contribution is 7.90. The monoisotopic (exact) mass is 378 g/mol. The molecule has 0 unspecified atom stereocenters. The van der Waals surface area contributed by atoms with Crippen molar-refractivity contribution in [3.05, 3.63) is 23.8 Å². The number of hydrogen-bond acceptors (Lipinski definition) is 5. The van der Waals surface area contributed by atoms with E-state index >= 15 is 0 Å². The van der Waals surface area contributed by atoms with Crippen molar-refractivity contribution in [2.75, 3.05) is 32.1 Å². The zero-order valence-corrected chi connectivity index (χ0v) is 15.7. The number of anilines is 1. The van der Waals surface area contributed by atoms with Gasteiger partial charge in [0.25, 0.3) is 15.9 Å². The summed E-state index contributed by atoms with van der Waals surface area (Å²) < 4.78 is 29.1. The third-order valence-corrected chi connectivity index (χ3v) is 5.84. The van der Waals surface area contributed by atoms with Crippen LogP contribution in [-0.4, -0.2) is 58.2 Å². The lowest BCUT2D eigenvalue weighted by atomic mass is 10.1. The van der Waals surface area contributed by atoms with Gasteiger partial charge in [-0.05, 0) is 31.0 Å². The lowest BCUT2D eigenvalue weighted by Gasteiger charge is -2.29. The second-order valence-corrected chi connectivity index (χ2v) is 8.17. The fourth-order valence-electron chi connectivity index (χ4n) is 3.04. The molecule has 0 saturated carbocycles. The maximum absolute atomic E-state index is 12.6. The number of amidine groups is 1. The molecule has 1 fully saturated rings. The Kier molecular flexibility index (Phi) is 4.99. The number of carbonyl (C=O) groups excluding carboxylic acids is 2. The van der Waals surface area contributed by atoms with E-state index in [-0.39, 0.29) is 22.9 Å². The van der Waals surface area contributed by atoms with Crippen LogP contribution >= 0.6 is 0 Å². The smallest absolute Gasteiger partial charge is 0.286 e. The average Bonchev–Trinajstić information content (AvgIpc) is 2.83. The maximum Gasteiger partial charge on any atom is 0.286 e. The summed E-state index contributed by atoms with van der Waals surface area (Å²) in [5.74, 6) is -0.171. The first kappa shape index (κ1) is 18.4. The second kappa shape index (κ2) is 7.06. The Morgan fingerprint density at radius 1 is 1.23 bits per heavy atom. The van der Waals surface area contributed by atoms with Crippen molar-refractivity contribution in [3.8, 4) is 0 Å². The first-order valence-corrected chi connectivity index (χ1v) is 9.97. The first-order chi connectivity index (χ1) is 12.3. The van der Waals surface area contributed by atoms with E-state index in [2.05, 4.69) is 9.71 Å². The van der Waals surface area contributed by atoms with Gasteiger partial charge in [0.15, 0.2) is 0 Å². The molecular formula is C17H22N4O4S. The van der Waals surface area contributed by atoms with Gasteiger partial charge in [-0.3, -0.25) is 9.59 Å². The first-order valence-electron chi connectivity index (χ1n) is 8.53. The average molecular weight is 378 g/mol. The zero-order chi connectivity index (χ0) is 18.9. The Morgan fingerprint density at radius 2 is 2.00 bits per heavy atom. The molecule has 140 valence electrons. The molecule has 0 spiro atoms. The summed E-state index contributed by atoms with van der Waals surface area (Å²) >= 11 is 0. The summed E-state index contributed by atoms with van der Waals surface area (Å²) in [4.78, 5) is 27.2. The standard InChI is InChI=1S/C17H22N4O4S/c1-20(2)16(22)11-18-17(23)12-7-8-13-14(10-12)26(24,25)19-15-6-4-3-5-9-21(13)15/h7-8,10H,3-6,9,11H2,1-2H3,(H,18,23). The third-order valence-electron chi connectivity index (χ3n) is 4.51. The highest BCUT2D eigenvalue weighted by Gasteiger charge is 2.32. The molecule has 2 amide bonds. The molecule has 0 atom stereocenters. The Bertz CT molecular complexity index is 877. The minimum atomic E-state index is -3.84. The minimum absolute atomic E-state index is 0.0368. The topological polar surface area (TPSA) is 99.2 Å². The van der Waals surface area contributed by atoms with Gasteiger partial charge in [0, 0.05) is 32.6 Å². The molecule has 1 saturated heterocycles. The molecule has 1 aromatic rings. The van der Waals surface area contributed by atoms with Crippen LogP contribution in [-0.2, 0) is 14.8 Å². The number of sulfonamides is 1. The number of fused-ring (bicyclic) bond motifs is 3. The van der Waals surface area contributed by atoms with E-state index in [1.165, 1.54) is 11.0 Å². The third kappa shape index (κ3) is 3.57. The molecule has 26 heavy (non-hydrogen) atoms. The van der Waals surface area contributed by atoms with E-state index in [0.717, 1.165) is 19.3 Å². The summed E-state index contributed by atoms with van der Waals surface area (Å²) in [6.07, 6.45) is 3.55. The van der Waals surface area contributed by atoms with Crippen molar-refractivity contribution in [2.45, 2.75) is 30.6 Å². The highest BCUT2D eigenvalue weighted by atomic mass is 32.2. The van der Waals surface area contributed by atoms with Gasteiger partial charge in [0.1, 0.15) is 10.7 Å². The Labute approximate surface area is 152 Å². The quantitative estimate of drug-likeness (QED) is 0.845. The molecule has 0 radical (unpaired) electrons. The predicted octanol–water partition coefficient (Wildman–Crippen LogP) is 0.986. The molecule has 8 nitrogen and oxygen atoms in total. The highest BCUT2D eigenvalue weighted by Crippen LogP contribution is 2.34. The van der Waals surface area contributed by atoms with Gasteiger partial charge in [-0.25, -0.2) is 0 Å². The van der Waals surface area contributed by atoms with Crippen LogP contribution in [0.15, 0.2) is 27.5 Å². The van der Waals surface area contributed by atoms with Gasteiger partial charge in [-0.1, -0.05) is 6.42 Å². The number of likely N-dealkylation sites (N-methyl/N-ethyl adjacent to an activating group) is 1. The van der Waals surface area contributed by atoms with Crippen LogP contribution in [0, 0.1) is 0 Å². The van der Waals surface area contributed by atoms with Crippen LogP contribution in [0.1, 0.15) is 36.0 Å². The number of carbonyl (C=O) groups is 2. The van der Waals surface area contributed by atoms with Crippen LogP contribution in [0.25, 0.3) is 0 Å². The van der Waals surface area contributed by atoms with Gasteiger partial charge >= 0.3 is 0 Å². The van der Waals surface area contributed by atoms with E-state index in [1.807, 2.05) is 4.90 Å². The predicted molar refractivity (Wildman–Crippen MR) is 97.9 cm³/mol. The number of benzene rings is 1. The summed E-state index contributed by atoms with van der Waals surface area (Å²) in [6.45, 7) is 0.564. The Balaban J connectivity index is 1.89. The number of nitrogens with zero attached hydrogens (tertiary/aromatic N) is 3. The molecule has 2 heterocycles. The fraction of sp³-hybridized carbons (Fsp3) is 0.471. The maximum atomic E-state index is 12.6. The molecule has 1 N–H and O–H groups in total. The lowest BCUT2D eigenvalue weighted by molar-refractivity contribution is -0.127. The van der Waals surface area contributed by atoms with Gasteiger partial charge in [-0.15, -0.1) is 4.40 Å². The molecule has 0 aliphatic carbocycles. The SMILES string of the molecule is CN(C)C(=O)CNC(=O)c1ccc2c(c1)S(=O)(=O)N=C1CCCCCN12. The van der Waals surface area contributed by atoms with Crippen molar-refractivity contribution < 1.29 is 18.0 Å². The van der Waals surface area contributed by atoms with Crippen LogP contribution in [0.3, 0.4) is 0 Å². The van der Waals surface area contributed by atoms with E-state index in [4.69, 9.17) is 0 Å². The molecule has 3 rings (SSSR count). The number of hydrogen-bond donors (Lipinski definition) is 1.